The third-order valence-electron chi connectivity index (χ3n) is 4.18. The van der Waals surface area contributed by atoms with Gasteiger partial charge in [0.1, 0.15) is 5.75 Å². The van der Waals surface area contributed by atoms with E-state index in [0.29, 0.717) is 17.0 Å². The largest absolute Gasteiger partial charge is 0.478 e. The van der Waals surface area contributed by atoms with Crippen LogP contribution in [0.5, 0.6) is 5.75 Å². The molecule has 7 nitrogen and oxygen atoms in total. The molecule has 0 spiro atoms. The van der Waals surface area contributed by atoms with Gasteiger partial charge in [-0.3, -0.25) is 4.79 Å². The highest BCUT2D eigenvalue weighted by molar-refractivity contribution is 6.07. The molecule has 0 bridgehead atoms. The smallest absolute Gasteiger partial charge is 0.346 e. The third kappa shape index (κ3) is 2.79. The summed E-state index contributed by atoms with van der Waals surface area (Å²) in [7, 11) is 0. The van der Waals surface area contributed by atoms with Crippen molar-refractivity contribution in [1.82, 2.24) is 9.78 Å². The minimum absolute atomic E-state index is 0.0495. The molecule has 4 rings (SSSR count). The predicted octanol–water partition coefficient (Wildman–Crippen LogP) is 2.36. The highest BCUT2D eigenvalue weighted by atomic mass is 16.5. The number of amides is 1. The molecule has 1 aliphatic heterocycles. The van der Waals surface area contributed by atoms with Crippen LogP contribution in [0.1, 0.15) is 10.4 Å². The van der Waals surface area contributed by atoms with E-state index in [1.54, 1.807) is 59.4 Å². The molecule has 1 aromatic heterocycles. The lowest BCUT2D eigenvalue weighted by Gasteiger charge is -2.33. The van der Waals surface area contributed by atoms with E-state index in [4.69, 9.17) is 4.74 Å². The standard InChI is InChI=1S/C19H15N3O4/c23-18(13-6-8-14(9-7-13)22-11-3-10-20-22)21-12-17(19(24)25)26-16-5-2-1-4-15(16)21/h1-11,17H,12H2,(H,24,25)/t17-/m1/s1. The van der Waals surface area contributed by atoms with Gasteiger partial charge in [-0.15, -0.1) is 0 Å². The van der Waals surface area contributed by atoms with Crippen molar-refractivity contribution in [1.29, 1.82) is 0 Å². The molecule has 130 valence electrons. The van der Waals surface area contributed by atoms with Crippen LogP contribution in [0, 0.1) is 0 Å². The van der Waals surface area contributed by atoms with Crippen LogP contribution in [0.2, 0.25) is 0 Å². The van der Waals surface area contributed by atoms with E-state index < -0.39 is 12.1 Å². The number of carbonyl (C=O) groups is 2. The van der Waals surface area contributed by atoms with Gasteiger partial charge in [-0.2, -0.15) is 5.10 Å². The van der Waals surface area contributed by atoms with Gasteiger partial charge in [0.2, 0.25) is 6.10 Å². The molecule has 1 N–H and O–H groups in total. The van der Waals surface area contributed by atoms with Crippen LogP contribution >= 0.6 is 0 Å². The maximum atomic E-state index is 13.0. The Morgan fingerprint density at radius 1 is 1.08 bits per heavy atom. The number of aromatic nitrogens is 2. The number of carboxylic acids is 1. The van der Waals surface area contributed by atoms with Crippen LogP contribution in [0.4, 0.5) is 5.69 Å². The van der Waals surface area contributed by atoms with E-state index in [2.05, 4.69) is 5.10 Å². The van der Waals surface area contributed by atoms with E-state index in [1.165, 1.54) is 4.90 Å². The van der Waals surface area contributed by atoms with Crippen molar-refractivity contribution < 1.29 is 19.4 Å². The second-order valence-electron chi connectivity index (χ2n) is 5.83. The molecule has 3 aromatic rings. The zero-order valence-electron chi connectivity index (χ0n) is 13.6. The number of nitrogens with zero attached hydrogens (tertiary/aromatic N) is 3. The monoisotopic (exact) mass is 349 g/mol. The molecule has 1 amide bonds. The van der Waals surface area contributed by atoms with Crippen molar-refractivity contribution in [2.24, 2.45) is 0 Å². The minimum Gasteiger partial charge on any atom is -0.478 e. The predicted molar refractivity (Wildman–Crippen MR) is 93.7 cm³/mol. The number of fused-ring (bicyclic) bond motifs is 1. The van der Waals surface area contributed by atoms with Gasteiger partial charge in [0.15, 0.2) is 0 Å². The first-order valence-electron chi connectivity index (χ1n) is 8.04. The van der Waals surface area contributed by atoms with Gasteiger partial charge in [-0.25, -0.2) is 9.48 Å². The van der Waals surface area contributed by atoms with Crippen molar-refractivity contribution >= 4 is 17.6 Å². The number of ether oxygens (including phenoxy) is 1. The van der Waals surface area contributed by atoms with Crippen LogP contribution in [0.3, 0.4) is 0 Å². The third-order valence-corrected chi connectivity index (χ3v) is 4.18. The maximum Gasteiger partial charge on any atom is 0.346 e. The first kappa shape index (κ1) is 15.9. The normalized spacial score (nSPS) is 15.8. The molecule has 0 fully saturated rings. The second kappa shape index (κ2) is 6.36. The number of carbonyl (C=O) groups excluding carboxylic acids is 1. The number of carboxylic acid groups (broad SMARTS) is 1. The van der Waals surface area contributed by atoms with Crippen molar-refractivity contribution in [2.75, 3.05) is 11.4 Å². The number of hydrogen-bond donors (Lipinski definition) is 1. The summed E-state index contributed by atoms with van der Waals surface area (Å²) in [5, 5.41) is 13.5. The molecular formula is C19H15N3O4. The number of benzene rings is 2. The number of aliphatic carboxylic acids is 1. The lowest BCUT2D eigenvalue weighted by molar-refractivity contribution is -0.144. The topological polar surface area (TPSA) is 84.7 Å². The summed E-state index contributed by atoms with van der Waals surface area (Å²) in [5.41, 5.74) is 1.85. The van der Waals surface area contributed by atoms with Crippen molar-refractivity contribution in [2.45, 2.75) is 6.10 Å². The Balaban J connectivity index is 1.65. The van der Waals surface area contributed by atoms with Crippen LogP contribution < -0.4 is 9.64 Å². The number of anilines is 1. The Labute approximate surface area is 149 Å². The molecule has 0 unspecified atom stereocenters. The Bertz CT molecular complexity index is 951. The van der Waals surface area contributed by atoms with Crippen molar-refractivity contribution in [3.63, 3.8) is 0 Å². The number of rotatable bonds is 3. The van der Waals surface area contributed by atoms with Crippen molar-refractivity contribution in [3.05, 3.63) is 72.6 Å². The highest BCUT2D eigenvalue weighted by Crippen LogP contribution is 2.34. The van der Waals surface area contributed by atoms with Gasteiger partial charge in [0.25, 0.3) is 5.91 Å². The summed E-state index contributed by atoms with van der Waals surface area (Å²) in [4.78, 5) is 25.8. The fourth-order valence-corrected chi connectivity index (χ4v) is 2.89. The average molecular weight is 349 g/mol. The Kier molecular flexibility index (Phi) is 3.89. The molecule has 2 aromatic carbocycles. The van der Waals surface area contributed by atoms with Gasteiger partial charge < -0.3 is 14.7 Å². The molecule has 2 heterocycles. The molecule has 1 aliphatic rings. The first-order chi connectivity index (χ1) is 12.6. The van der Waals surface area contributed by atoms with Crippen LogP contribution in [-0.2, 0) is 4.79 Å². The summed E-state index contributed by atoms with van der Waals surface area (Å²) >= 11 is 0. The average Bonchev–Trinajstić information content (AvgIpc) is 3.21. The molecular weight excluding hydrogens is 334 g/mol. The zero-order chi connectivity index (χ0) is 18.1. The van der Waals surface area contributed by atoms with Gasteiger partial charge >= 0.3 is 5.97 Å². The molecule has 1 atom stereocenters. The van der Waals surface area contributed by atoms with Crippen LogP contribution in [0.15, 0.2) is 67.0 Å². The Morgan fingerprint density at radius 3 is 2.54 bits per heavy atom. The van der Waals surface area contributed by atoms with Crippen LogP contribution in [0.25, 0.3) is 5.69 Å². The fourth-order valence-electron chi connectivity index (χ4n) is 2.89. The van der Waals surface area contributed by atoms with Gasteiger partial charge in [-0.05, 0) is 42.5 Å². The van der Waals surface area contributed by atoms with E-state index >= 15 is 0 Å². The van der Waals surface area contributed by atoms with Crippen LogP contribution in [-0.4, -0.2) is 39.4 Å². The van der Waals surface area contributed by atoms with E-state index in [-0.39, 0.29) is 12.5 Å². The van der Waals surface area contributed by atoms with Gasteiger partial charge in [0.05, 0.1) is 17.9 Å². The first-order valence-corrected chi connectivity index (χ1v) is 8.04. The summed E-state index contributed by atoms with van der Waals surface area (Å²) in [5.74, 6) is -1.00. The minimum atomic E-state index is -1.11. The summed E-state index contributed by atoms with van der Waals surface area (Å²) in [6.45, 7) is -0.0495. The summed E-state index contributed by atoms with van der Waals surface area (Å²) < 4.78 is 7.17. The summed E-state index contributed by atoms with van der Waals surface area (Å²) in [6.07, 6.45) is 2.39. The number of hydrogen-bond acceptors (Lipinski definition) is 4. The van der Waals surface area contributed by atoms with E-state index in [9.17, 15) is 14.7 Å². The lowest BCUT2D eigenvalue weighted by Crippen LogP contribution is -2.47. The SMILES string of the molecule is O=C(O)[C@H]1CN(C(=O)c2ccc(-n3cccn3)cc2)c2ccccc2O1. The highest BCUT2D eigenvalue weighted by Gasteiger charge is 2.34. The maximum absolute atomic E-state index is 13.0. The molecule has 7 heteroatoms. The molecule has 0 saturated carbocycles. The molecule has 0 aliphatic carbocycles. The molecule has 26 heavy (non-hydrogen) atoms. The van der Waals surface area contributed by atoms with E-state index in [0.717, 1.165) is 5.69 Å². The van der Waals surface area contributed by atoms with Gasteiger partial charge in [-0.1, -0.05) is 12.1 Å². The Morgan fingerprint density at radius 2 is 1.85 bits per heavy atom. The van der Waals surface area contributed by atoms with Crippen molar-refractivity contribution in [3.8, 4) is 11.4 Å². The van der Waals surface area contributed by atoms with Gasteiger partial charge in [0, 0.05) is 18.0 Å². The lowest BCUT2D eigenvalue weighted by atomic mass is 10.1. The second-order valence-corrected chi connectivity index (χ2v) is 5.83. The Hall–Kier alpha value is -3.61. The summed E-state index contributed by atoms with van der Waals surface area (Å²) in [6, 6.07) is 15.7. The number of para-hydroxylation sites is 2. The molecule has 0 radical (unpaired) electrons. The van der Waals surface area contributed by atoms with E-state index in [1.807, 2.05) is 12.3 Å². The molecule has 0 saturated heterocycles. The fraction of sp³-hybridized carbons (Fsp3) is 0.105. The zero-order valence-corrected chi connectivity index (χ0v) is 13.6. The quantitative estimate of drug-likeness (QED) is 0.785.